The molecule has 0 saturated carbocycles. The Bertz CT molecular complexity index is 387. The highest BCUT2D eigenvalue weighted by Gasteiger charge is 2.06. The normalized spacial score (nSPS) is 11.1. The quantitative estimate of drug-likeness (QED) is 0.727. The van der Waals surface area contributed by atoms with Gasteiger partial charge in [0, 0.05) is 0 Å². The Morgan fingerprint density at radius 3 is 2.71 bits per heavy atom. The Balaban J connectivity index is 2.77. The lowest BCUT2D eigenvalue weighted by molar-refractivity contribution is 0.226. The van der Waals surface area contributed by atoms with E-state index in [4.69, 9.17) is 15.3 Å². The van der Waals surface area contributed by atoms with Crippen LogP contribution in [0, 0.1) is 22.7 Å². The van der Waals surface area contributed by atoms with Gasteiger partial charge in [-0.3, -0.25) is 0 Å². The average molecular weight is 186 g/mol. The van der Waals surface area contributed by atoms with Gasteiger partial charge in [0.05, 0.1) is 18.1 Å². The van der Waals surface area contributed by atoms with Crippen LogP contribution < -0.4 is 4.74 Å². The van der Waals surface area contributed by atoms with Crippen LogP contribution in [0.3, 0.4) is 0 Å². The number of para-hydroxylation sites is 1. The first kappa shape index (κ1) is 10.1. The molecule has 1 atom stereocenters. The molecule has 0 radical (unpaired) electrons. The molecule has 1 aromatic carbocycles. The van der Waals surface area contributed by atoms with E-state index in [1.165, 1.54) is 0 Å². The van der Waals surface area contributed by atoms with Crippen molar-refractivity contribution in [2.45, 2.75) is 19.4 Å². The molecule has 70 valence electrons. The maximum atomic E-state index is 8.77. The van der Waals surface area contributed by atoms with Crippen LogP contribution in [0.2, 0.25) is 0 Å². The molecular formula is C11H10N2O. The van der Waals surface area contributed by atoms with Crippen LogP contribution in [0.5, 0.6) is 5.75 Å². The van der Waals surface area contributed by atoms with E-state index >= 15 is 0 Å². The molecule has 0 saturated heterocycles. The third-order valence-electron chi connectivity index (χ3n) is 1.71. The van der Waals surface area contributed by atoms with Crippen LogP contribution in [0.1, 0.15) is 18.9 Å². The second-order valence-corrected chi connectivity index (χ2v) is 2.90. The van der Waals surface area contributed by atoms with Crippen molar-refractivity contribution in [2.24, 2.45) is 0 Å². The fourth-order valence-corrected chi connectivity index (χ4v) is 1.05. The molecule has 0 aromatic heterocycles. The lowest BCUT2D eigenvalue weighted by atomic mass is 10.2. The number of rotatable bonds is 3. The first-order chi connectivity index (χ1) is 6.77. The van der Waals surface area contributed by atoms with Gasteiger partial charge < -0.3 is 4.74 Å². The van der Waals surface area contributed by atoms with Crippen molar-refractivity contribution in [2.75, 3.05) is 0 Å². The highest BCUT2D eigenvalue weighted by molar-refractivity contribution is 5.42. The fraction of sp³-hybridized carbons (Fsp3) is 0.273. The van der Waals surface area contributed by atoms with Crippen molar-refractivity contribution in [1.29, 1.82) is 10.5 Å². The Labute approximate surface area is 83.2 Å². The van der Waals surface area contributed by atoms with Crippen LogP contribution in [0.25, 0.3) is 0 Å². The SMILES string of the molecule is CC(CC#N)Oc1ccccc1C#N. The van der Waals surface area contributed by atoms with Crippen LogP contribution >= 0.6 is 0 Å². The van der Waals surface area contributed by atoms with Gasteiger partial charge in [-0.1, -0.05) is 12.1 Å². The van der Waals surface area contributed by atoms with Gasteiger partial charge in [-0.25, -0.2) is 0 Å². The monoisotopic (exact) mass is 186 g/mol. The number of nitrogens with zero attached hydrogens (tertiary/aromatic N) is 2. The van der Waals surface area contributed by atoms with Crippen LogP contribution in [-0.2, 0) is 0 Å². The summed E-state index contributed by atoms with van der Waals surface area (Å²) >= 11 is 0. The van der Waals surface area contributed by atoms with E-state index in [0.717, 1.165) is 0 Å². The topological polar surface area (TPSA) is 56.8 Å². The molecule has 0 spiro atoms. The third-order valence-corrected chi connectivity index (χ3v) is 1.71. The van der Waals surface area contributed by atoms with E-state index in [0.29, 0.717) is 17.7 Å². The molecule has 14 heavy (non-hydrogen) atoms. The number of hydrogen-bond acceptors (Lipinski definition) is 3. The van der Waals surface area contributed by atoms with Gasteiger partial charge in [0.25, 0.3) is 0 Å². The van der Waals surface area contributed by atoms with Gasteiger partial charge in [-0.05, 0) is 19.1 Å². The summed E-state index contributed by atoms with van der Waals surface area (Å²) in [6, 6.07) is 11.0. The largest absolute Gasteiger partial charge is 0.488 e. The zero-order valence-corrected chi connectivity index (χ0v) is 7.90. The second-order valence-electron chi connectivity index (χ2n) is 2.90. The van der Waals surface area contributed by atoms with Gasteiger partial charge in [0.1, 0.15) is 17.9 Å². The summed E-state index contributed by atoms with van der Waals surface area (Å²) < 4.78 is 5.43. The predicted molar refractivity (Wildman–Crippen MR) is 51.5 cm³/mol. The van der Waals surface area contributed by atoms with Crippen LogP contribution in [0.4, 0.5) is 0 Å². The average Bonchev–Trinajstić information content (AvgIpc) is 2.19. The third kappa shape index (κ3) is 2.50. The molecule has 1 unspecified atom stereocenters. The summed E-state index contributed by atoms with van der Waals surface area (Å²) in [5.41, 5.74) is 0.497. The van der Waals surface area contributed by atoms with Gasteiger partial charge in [-0.2, -0.15) is 10.5 Å². The fourth-order valence-electron chi connectivity index (χ4n) is 1.05. The van der Waals surface area contributed by atoms with Crippen molar-refractivity contribution in [3.05, 3.63) is 29.8 Å². The molecule has 0 fully saturated rings. The van der Waals surface area contributed by atoms with Gasteiger partial charge in [0.15, 0.2) is 0 Å². The van der Waals surface area contributed by atoms with Crippen LogP contribution in [-0.4, -0.2) is 6.10 Å². The molecular weight excluding hydrogens is 176 g/mol. The first-order valence-corrected chi connectivity index (χ1v) is 4.30. The Morgan fingerprint density at radius 2 is 2.07 bits per heavy atom. The molecule has 0 amide bonds. The van der Waals surface area contributed by atoms with E-state index < -0.39 is 0 Å². The van der Waals surface area contributed by atoms with Crippen molar-refractivity contribution in [1.82, 2.24) is 0 Å². The summed E-state index contributed by atoms with van der Waals surface area (Å²) in [7, 11) is 0. The number of benzene rings is 1. The molecule has 1 aromatic rings. The standard InChI is InChI=1S/C11H10N2O/c1-9(6-7-12)14-11-5-3-2-4-10(11)8-13/h2-5,9H,6H2,1H3. The van der Waals surface area contributed by atoms with Crippen LogP contribution in [0.15, 0.2) is 24.3 Å². The zero-order chi connectivity index (χ0) is 10.4. The zero-order valence-electron chi connectivity index (χ0n) is 7.90. The molecule has 3 heteroatoms. The molecule has 0 aliphatic heterocycles. The molecule has 0 bridgehead atoms. The van der Waals surface area contributed by atoms with Gasteiger partial charge >= 0.3 is 0 Å². The molecule has 0 aliphatic carbocycles. The number of nitriles is 2. The highest BCUT2D eigenvalue weighted by Crippen LogP contribution is 2.18. The minimum absolute atomic E-state index is 0.186. The molecule has 1 rings (SSSR count). The summed E-state index contributed by atoms with van der Waals surface area (Å²) in [5.74, 6) is 0.540. The number of ether oxygens (including phenoxy) is 1. The maximum Gasteiger partial charge on any atom is 0.137 e. The molecule has 0 aliphatic rings. The van der Waals surface area contributed by atoms with E-state index in [1.807, 2.05) is 12.1 Å². The Morgan fingerprint density at radius 1 is 1.36 bits per heavy atom. The van der Waals surface area contributed by atoms with E-state index in [9.17, 15) is 0 Å². The van der Waals surface area contributed by atoms with Crippen molar-refractivity contribution in [3.8, 4) is 17.9 Å². The lowest BCUT2D eigenvalue weighted by Crippen LogP contribution is -2.11. The lowest BCUT2D eigenvalue weighted by Gasteiger charge is -2.11. The van der Waals surface area contributed by atoms with E-state index in [1.54, 1.807) is 31.2 Å². The summed E-state index contributed by atoms with van der Waals surface area (Å²) in [5, 5.41) is 17.2. The van der Waals surface area contributed by atoms with Crippen molar-refractivity contribution >= 4 is 0 Å². The minimum atomic E-state index is -0.186. The van der Waals surface area contributed by atoms with E-state index in [-0.39, 0.29) is 6.10 Å². The summed E-state index contributed by atoms with van der Waals surface area (Å²) in [6.45, 7) is 1.80. The second kappa shape index (κ2) is 4.89. The number of hydrogen-bond donors (Lipinski definition) is 0. The Kier molecular flexibility index (Phi) is 3.52. The predicted octanol–water partition coefficient (Wildman–Crippen LogP) is 2.24. The molecule has 0 heterocycles. The molecule has 3 nitrogen and oxygen atoms in total. The van der Waals surface area contributed by atoms with E-state index in [2.05, 4.69) is 0 Å². The van der Waals surface area contributed by atoms with Gasteiger partial charge in [0.2, 0.25) is 0 Å². The minimum Gasteiger partial charge on any atom is -0.488 e. The van der Waals surface area contributed by atoms with Crippen molar-refractivity contribution in [3.63, 3.8) is 0 Å². The molecule has 0 N–H and O–H groups in total. The highest BCUT2D eigenvalue weighted by atomic mass is 16.5. The maximum absolute atomic E-state index is 8.77. The Hall–Kier alpha value is -2.00. The smallest absolute Gasteiger partial charge is 0.137 e. The first-order valence-electron chi connectivity index (χ1n) is 4.30. The van der Waals surface area contributed by atoms with Crippen molar-refractivity contribution < 1.29 is 4.74 Å². The summed E-state index contributed by atoms with van der Waals surface area (Å²) in [6.07, 6.45) is 0.134. The summed E-state index contributed by atoms with van der Waals surface area (Å²) in [4.78, 5) is 0. The van der Waals surface area contributed by atoms with Gasteiger partial charge in [-0.15, -0.1) is 0 Å².